The number of nitrogens with one attached hydrogen (secondary N) is 1. The Morgan fingerprint density at radius 2 is 2.54 bits per heavy atom. The van der Waals surface area contributed by atoms with Crippen molar-refractivity contribution in [1.82, 2.24) is 15.1 Å². The summed E-state index contributed by atoms with van der Waals surface area (Å²) in [5.74, 6) is 0. The number of hydrogen-bond donors (Lipinski definition) is 2. The van der Waals surface area contributed by atoms with Crippen LogP contribution in [0.5, 0.6) is 0 Å². The summed E-state index contributed by atoms with van der Waals surface area (Å²) in [6.45, 7) is 0.790. The lowest BCUT2D eigenvalue weighted by Gasteiger charge is -2.33. The molecule has 0 aromatic carbocycles. The number of rotatable bonds is 3. The van der Waals surface area contributed by atoms with E-state index in [2.05, 4.69) is 10.4 Å². The van der Waals surface area contributed by atoms with Crippen LogP contribution in [-0.4, -0.2) is 27.0 Å². The van der Waals surface area contributed by atoms with Crippen molar-refractivity contribution in [2.45, 2.75) is 31.5 Å². The van der Waals surface area contributed by atoms with Crippen molar-refractivity contribution in [2.24, 2.45) is 7.05 Å². The van der Waals surface area contributed by atoms with Gasteiger partial charge in [-0.3, -0.25) is 4.68 Å². The minimum Gasteiger partial charge on any atom is -0.392 e. The van der Waals surface area contributed by atoms with Gasteiger partial charge in [0, 0.05) is 25.8 Å². The molecule has 0 bridgehead atoms. The quantitative estimate of drug-likeness (QED) is 0.692. The SMILES string of the molecule is Cn1nccc1CN[C@@H]1CC[C@H]1O. The van der Waals surface area contributed by atoms with Gasteiger partial charge in [0.2, 0.25) is 0 Å². The summed E-state index contributed by atoms with van der Waals surface area (Å²) < 4.78 is 1.85. The molecule has 72 valence electrons. The predicted octanol–water partition coefficient (Wildman–Crippen LogP) is 0.0330. The monoisotopic (exact) mass is 181 g/mol. The average molecular weight is 181 g/mol. The summed E-state index contributed by atoms with van der Waals surface area (Å²) in [6.07, 6.45) is 3.66. The van der Waals surface area contributed by atoms with Gasteiger partial charge in [-0.15, -0.1) is 0 Å². The molecule has 2 N–H and O–H groups in total. The highest BCUT2D eigenvalue weighted by Gasteiger charge is 2.27. The highest BCUT2D eigenvalue weighted by Crippen LogP contribution is 2.19. The number of aliphatic hydroxyl groups excluding tert-OH is 1. The highest BCUT2D eigenvalue weighted by molar-refractivity contribution is 5.00. The third kappa shape index (κ3) is 1.73. The van der Waals surface area contributed by atoms with Gasteiger partial charge in [0.05, 0.1) is 11.8 Å². The Bertz CT molecular complexity index is 284. The van der Waals surface area contributed by atoms with Gasteiger partial charge in [-0.05, 0) is 18.9 Å². The molecular weight excluding hydrogens is 166 g/mol. The van der Waals surface area contributed by atoms with Crippen molar-refractivity contribution in [3.05, 3.63) is 18.0 Å². The zero-order valence-corrected chi connectivity index (χ0v) is 7.77. The Hall–Kier alpha value is -0.870. The molecule has 4 nitrogen and oxygen atoms in total. The third-order valence-electron chi connectivity index (χ3n) is 2.71. The molecule has 0 spiro atoms. The number of aryl methyl sites for hydroxylation is 1. The van der Waals surface area contributed by atoms with Crippen molar-refractivity contribution in [1.29, 1.82) is 0 Å². The summed E-state index contributed by atoms with van der Waals surface area (Å²) in [6, 6.07) is 2.27. The Balaban J connectivity index is 1.83. The van der Waals surface area contributed by atoms with Gasteiger partial charge in [-0.25, -0.2) is 0 Å². The van der Waals surface area contributed by atoms with E-state index in [1.807, 2.05) is 17.8 Å². The van der Waals surface area contributed by atoms with Crippen molar-refractivity contribution in [3.63, 3.8) is 0 Å². The molecule has 0 saturated heterocycles. The Labute approximate surface area is 77.6 Å². The van der Waals surface area contributed by atoms with Crippen LogP contribution in [0.15, 0.2) is 12.3 Å². The van der Waals surface area contributed by atoms with E-state index in [1.54, 1.807) is 6.20 Å². The molecule has 1 aromatic heterocycles. The molecule has 1 aromatic rings. The van der Waals surface area contributed by atoms with E-state index >= 15 is 0 Å². The third-order valence-corrected chi connectivity index (χ3v) is 2.71. The van der Waals surface area contributed by atoms with Crippen LogP contribution in [0.4, 0.5) is 0 Å². The van der Waals surface area contributed by atoms with Crippen LogP contribution in [0.1, 0.15) is 18.5 Å². The van der Waals surface area contributed by atoms with Crippen LogP contribution in [0, 0.1) is 0 Å². The van der Waals surface area contributed by atoms with Gasteiger partial charge in [0.15, 0.2) is 0 Å². The molecule has 1 heterocycles. The topological polar surface area (TPSA) is 50.1 Å². The van der Waals surface area contributed by atoms with E-state index in [0.29, 0.717) is 0 Å². The summed E-state index contributed by atoms with van der Waals surface area (Å²) in [4.78, 5) is 0. The van der Waals surface area contributed by atoms with E-state index in [9.17, 15) is 5.11 Å². The van der Waals surface area contributed by atoms with Crippen molar-refractivity contribution < 1.29 is 5.11 Å². The van der Waals surface area contributed by atoms with Crippen LogP contribution in [0.25, 0.3) is 0 Å². The smallest absolute Gasteiger partial charge is 0.0693 e. The first-order chi connectivity index (χ1) is 6.27. The molecule has 13 heavy (non-hydrogen) atoms. The fraction of sp³-hybridized carbons (Fsp3) is 0.667. The molecule has 0 radical (unpaired) electrons. The molecule has 0 unspecified atom stereocenters. The van der Waals surface area contributed by atoms with Gasteiger partial charge in [-0.2, -0.15) is 5.10 Å². The molecule has 4 heteroatoms. The number of nitrogens with zero attached hydrogens (tertiary/aromatic N) is 2. The van der Waals surface area contributed by atoms with Crippen LogP contribution in [-0.2, 0) is 13.6 Å². The zero-order chi connectivity index (χ0) is 9.26. The lowest BCUT2D eigenvalue weighted by molar-refractivity contribution is 0.0489. The first-order valence-electron chi connectivity index (χ1n) is 4.65. The largest absolute Gasteiger partial charge is 0.392 e. The van der Waals surface area contributed by atoms with Gasteiger partial charge in [-0.1, -0.05) is 0 Å². The summed E-state index contributed by atoms with van der Waals surface area (Å²) in [5.41, 5.74) is 1.15. The van der Waals surface area contributed by atoms with Gasteiger partial charge in [0.1, 0.15) is 0 Å². The van der Waals surface area contributed by atoms with Crippen molar-refractivity contribution in [3.8, 4) is 0 Å². The Kier molecular flexibility index (Phi) is 2.33. The molecule has 1 fully saturated rings. The minimum absolute atomic E-state index is 0.145. The van der Waals surface area contributed by atoms with E-state index in [1.165, 1.54) is 0 Å². The van der Waals surface area contributed by atoms with E-state index < -0.39 is 0 Å². The van der Waals surface area contributed by atoms with Gasteiger partial charge < -0.3 is 10.4 Å². The number of aliphatic hydroxyl groups is 1. The first-order valence-corrected chi connectivity index (χ1v) is 4.65. The molecule has 1 aliphatic rings. The second kappa shape index (κ2) is 3.47. The normalized spacial score (nSPS) is 27.2. The Morgan fingerprint density at radius 1 is 1.69 bits per heavy atom. The summed E-state index contributed by atoms with van der Waals surface area (Å²) in [5, 5.41) is 16.7. The maximum atomic E-state index is 9.32. The van der Waals surface area contributed by atoms with Crippen molar-refractivity contribution >= 4 is 0 Å². The second-order valence-corrected chi connectivity index (χ2v) is 3.58. The molecule has 1 aliphatic carbocycles. The Morgan fingerprint density at radius 3 is 3.00 bits per heavy atom. The average Bonchev–Trinajstić information content (AvgIpc) is 2.50. The predicted molar refractivity (Wildman–Crippen MR) is 49.1 cm³/mol. The number of hydrogen-bond acceptors (Lipinski definition) is 3. The lowest BCUT2D eigenvalue weighted by atomic mass is 9.89. The summed E-state index contributed by atoms with van der Waals surface area (Å²) in [7, 11) is 1.92. The maximum absolute atomic E-state index is 9.32. The van der Waals surface area contributed by atoms with E-state index in [0.717, 1.165) is 25.1 Å². The summed E-state index contributed by atoms with van der Waals surface area (Å²) >= 11 is 0. The molecule has 0 aliphatic heterocycles. The first kappa shape index (κ1) is 8.72. The number of aromatic nitrogens is 2. The molecule has 1 saturated carbocycles. The standard InChI is InChI=1S/C9H15N3O/c1-12-7(4-5-11-12)6-10-8-2-3-9(8)13/h4-5,8-10,13H,2-3,6H2,1H3/t8-,9-/m1/s1. The fourth-order valence-electron chi connectivity index (χ4n) is 1.53. The van der Waals surface area contributed by atoms with E-state index in [-0.39, 0.29) is 12.1 Å². The second-order valence-electron chi connectivity index (χ2n) is 3.58. The van der Waals surface area contributed by atoms with Crippen LogP contribution in [0.2, 0.25) is 0 Å². The van der Waals surface area contributed by atoms with Crippen LogP contribution >= 0.6 is 0 Å². The molecule has 2 rings (SSSR count). The minimum atomic E-state index is -0.145. The molecule has 2 atom stereocenters. The van der Waals surface area contributed by atoms with Gasteiger partial charge in [0.25, 0.3) is 0 Å². The van der Waals surface area contributed by atoms with Crippen molar-refractivity contribution in [2.75, 3.05) is 0 Å². The maximum Gasteiger partial charge on any atom is 0.0693 e. The van der Waals surface area contributed by atoms with Gasteiger partial charge >= 0.3 is 0 Å². The fourth-order valence-corrected chi connectivity index (χ4v) is 1.53. The zero-order valence-electron chi connectivity index (χ0n) is 7.77. The highest BCUT2D eigenvalue weighted by atomic mass is 16.3. The van der Waals surface area contributed by atoms with Crippen LogP contribution in [0.3, 0.4) is 0 Å². The molecular formula is C9H15N3O. The van der Waals surface area contributed by atoms with Crippen LogP contribution < -0.4 is 5.32 Å². The molecule has 0 amide bonds. The lowest BCUT2D eigenvalue weighted by Crippen LogP contribution is -2.47. The van der Waals surface area contributed by atoms with E-state index in [4.69, 9.17) is 0 Å².